The van der Waals surface area contributed by atoms with Crippen LogP contribution in [0.1, 0.15) is 29.8 Å². The van der Waals surface area contributed by atoms with Gasteiger partial charge in [-0.3, -0.25) is 14.9 Å². The van der Waals surface area contributed by atoms with Gasteiger partial charge in [-0.15, -0.1) is 0 Å². The Morgan fingerprint density at radius 2 is 1.77 bits per heavy atom. The molecule has 2 amide bonds. The van der Waals surface area contributed by atoms with E-state index in [0.29, 0.717) is 22.0 Å². The van der Waals surface area contributed by atoms with Gasteiger partial charge in [0.2, 0.25) is 5.91 Å². The number of nitrogen functional groups attached to an aromatic ring is 1. The van der Waals surface area contributed by atoms with Crippen LogP contribution in [0.5, 0.6) is 0 Å². The van der Waals surface area contributed by atoms with Gasteiger partial charge in [0.05, 0.1) is 33.1 Å². The van der Waals surface area contributed by atoms with Crippen LogP contribution in [0.25, 0.3) is 0 Å². The Hall–Kier alpha value is -2.64. The van der Waals surface area contributed by atoms with Crippen molar-refractivity contribution in [3.63, 3.8) is 0 Å². The van der Waals surface area contributed by atoms with Crippen molar-refractivity contribution in [1.29, 1.82) is 0 Å². The Labute approximate surface area is 161 Å². The van der Waals surface area contributed by atoms with E-state index in [9.17, 15) is 9.59 Å². The van der Waals surface area contributed by atoms with Gasteiger partial charge >= 0.3 is 0 Å². The van der Waals surface area contributed by atoms with Crippen LogP contribution in [0, 0.1) is 0 Å². The van der Waals surface area contributed by atoms with Gasteiger partial charge in [-0.1, -0.05) is 29.8 Å². The van der Waals surface area contributed by atoms with Gasteiger partial charge in [0, 0.05) is 0 Å². The van der Waals surface area contributed by atoms with Crippen molar-refractivity contribution in [2.24, 2.45) is 0 Å². The van der Waals surface area contributed by atoms with Crippen molar-refractivity contribution in [2.45, 2.75) is 19.3 Å². The zero-order chi connectivity index (χ0) is 19.1. The fraction of sp³-hybridized carbons (Fsp3) is 0.167. The summed E-state index contributed by atoms with van der Waals surface area (Å²) < 4.78 is 0. The van der Waals surface area contributed by atoms with Crippen LogP contribution < -0.4 is 21.7 Å². The van der Waals surface area contributed by atoms with Crippen molar-refractivity contribution >= 4 is 57.8 Å². The maximum atomic E-state index is 12.3. The molecule has 1 heterocycles. The molecule has 2 aromatic rings. The van der Waals surface area contributed by atoms with Gasteiger partial charge in [0.1, 0.15) is 0 Å². The van der Waals surface area contributed by atoms with Crippen molar-refractivity contribution in [3.8, 4) is 0 Å². The number of hydrogen-bond donors (Lipinski definition) is 4. The summed E-state index contributed by atoms with van der Waals surface area (Å²) in [5, 5.41) is 9.09. The SMILES string of the molecule is CC1(C)C(=O)NC(=O)c2c1ccc(NC(=S)Nc1ccccc1Cl)c2N. The molecule has 0 fully saturated rings. The van der Waals surface area contributed by atoms with E-state index in [1.807, 2.05) is 12.1 Å². The zero-order valence-electron chi connectivity index (χ0n) is 14.1. The molecular weight excluding hydrogens is 372 g/mol. The van der Waals surface area contributed by atoms with Crippen molar-refractivity contribution in [3.05, 3.63) is 52.5 Å². The lowest BCUT2D eigenvalue weighted by Crippen LogP contribution is -2.49. The molecule has 0 spiro atoms. The first kappa shape index (κ1) is 18.2. The van der Waals surface area contributed by atoms with Gasteiger partial charge < -0.3 is 16.4 Å². The number of nitrogens with two attached hydrogens (primary N) is 1. The molecule has 6 nitrogen and oxygen atoms in total. The molecule has 0 saturated carbocycles. The van der Waals surface area contributed by atoms with E-state index in [0.717, 1.165) is 0 Å². The van der Waals surface area contributed by atoms with Gasteiger partial charge in [0.15, 0.2) is 5.11 Å². The van der Waals surface area contributed by atoms with Crippen molar-refractivity contribution in [1.82, 2.24) is 5.32 Å². The van der Waals surface area contributed by atoms with E-state index in [4.69, 9.17) is 29.6 Å². The molecule has 0 atom stereocenters. The lowest BCUT2D eigenvalue weighted by molar-refractivity contribution is -0.125. The van der Waals surface area contributed by atoms with Crippen LogP contribution in [-0.4, -0.2) is 16.9 Å². The summed E-state index contributed by atoms with van der Waals surface area (Å²) in [7, 11) is 0. The maximum Gasteiger partial charge on any atom is 0.260 e. The minimum Gasteiger partial charge on any atom is -0.396 e. The number of thiocarbonyl (C=S) groups is 1. The number of halogens is 1. The van der Waals surface area contributed by atoms with Gasteiger partial charge in [-0.2, -0.15) is 0 Å². The number of para-hydroxylation sites is 1. The molecule has 0 aromatic heterocycles. The minimum absolute atomic E-state index is 0.226. The van der Waals surface area contributed by atoms with Crippen LogP contribution in [0.2, 0.25) is 5.02 Å². The van der Waals surface area contributed by atoms with E-state index >= 15 is 0 Å². The van der Waals surface area contributed by atoms with Gasteiger partial charge in [0.25, 0.3) is 5.91 Å². The molecule has 0 bridgehead atoms. The molecule has 1 aliphatic heterocycles. The van der Waals surface area contributed by atoms with Crippen LogP contribution in [0.15, 0.2) is 36.4 Å². The molecule has 3 rings (SSSR count). The number of nitrogens with one attached hydrogen (secondary N) is 3. The van der Waals surface area contributed by atoms with E-state index in [2.05, 4.69) is 16.0 Å². The molecule has 0 unspecified atom stereocenters. The van der Waals surface area contributed by atoms with Gasteiger partial charge in [-0.25, -0.2) is 0 Å². The van der Waals surface area contributed by atoms with Gasteiger partial charge in [-0.05, 0) is 49.8 Å². The first-order valence-electron chi connectivity index (χ1n) is 7.83. The highest BCUT2D eigenvalue weighted by atomic mass is 35.5. The number of rotatable bonds is 2. The monoisotopic (exact) mass is 388 g/mol. The molecule has 2 aromatic carbocycles. The Kier molecular flexibility index (Phi) is 4.60. The number of amides is 2. The highest BCUT2D eigenvalue weighted by Crippen LogP contribution is 2.37. The average Bonchev–Trinajstić information content (AvgIpc) is 2.57. The number of fused-ring (bicyclic) bond motifs is 1. The Morgan fingerprint density at radius 3 is 2.46 bits per heavy atom. The highest BCUT2D eigenvalue weighted by Gasteiger charge is 2.40. The molecule has 26 heavy (non-hydrogen) atoms. The number of carbonyl (C=O) groups is 2. The fourth-order valence-electron chi connectivity index (χ4n) is 2.78. The second kappa shape index (κ2) is 6.59. The fourth-order valence-corrected chi connectivity index (χ4v) is 3.18. The topological polar surface area (TPSA) is 96.2 Å². The highest BCUT2D eigenvalue weighted by molar-refractivity contribution is 7.80. The Morgan fingerprint density at radius 1 is 1.12 bits per heavy atom. The average molecular weight is 389 g/mol. The third-order valence-electron chi connectivity index (χ3n) is 4.31. The number of imide groups is 1. The second-order valence-corrected chi connectivity index (χ2v) is 7.23. The number of benzene rings is 2. The molecular formula is C18H17ClN4O2S. The molecule has 1 aliphatic rings. The second-order valence-electron chi connectivity index (χ2n) is 6.42. The molecule has 0 saturated heterocycles. The summed E-state index contributed by atoms with van der Waals surface area (Å²) in [5.41, 5.74) is 7.53. The molecule has 134 valence electrons. The smallest absolute Gasteiger partial charge is 0.260 e. The molecule has 0 aliphatic carbocycles. The van der Waals surface area contributed by atoms with Crippen molar-refractivity contribution in [2.75, 3.05) is 16.4 Å². The number of carbonyl (C=O) groups excluding carboxylic acids is 2. The molecule has 0 radical (unpaired) electrons. The number of anilines is 3. The van der Waals surface area contributed by atoms with E-state index in [1.54, 1.807) is 38.1 Å². The largest absolute Gasteiger partial charge is 0.396 e. The van der Waals surface area contributed by atoms with E-state index in [1.165, 1.54) is 0 Å². The Balaban J connectivity index is 1.90. The van der Waals surface area contributed by atoms with E-state index < -0.39 is 11.3 Å². The standard InChI is InChI=1S/C18H17ClN4O2S/c1-18(2)9-7-8-12(14(20)13(9)15(24)23-16(18)25)22-17(26)21-11-6-4-3-5-10(11)19/h3-8H,20H2,1-2H3,(H2,21,22,26)(H,23,24,25). The van der Waals surface area contributed by atoms with Crippen molar-refractivity contribution < 1.29 is 9.59 Å². The maximum absolute atomic E-state index is 12.3. The summed E-state index contributed by atoms with van der Waals surface area (Å²) in [6.07, 6.45) is 0. The zero-order valence-corrected chi connectivity index (χ0v) is 15.7. The third kappa shape index (κ3) is 3.11. The van der Waals surface area contributed by atoms with Crippen LogP contribution in [-0.2, 0) is 10.2 Å². The predicted octanol–water partition coefficient (Wildman–Crippen LogP) is 3.28. The summed E-state index contributed by atoms with van der Waals surface area (Å²) in [5.74, 6) is -0.874. The lowest BCUT2D eigenvalue weighted by Gasteiger charge is -2.31. The molecule has 8 heteroatoms. The quantitative estimate of drug-likeness (QED) is 0.358. The van der Waals surface area contributed by atoms with E-state index in [-0.39, 0.29) is 22.3 Å². The first-order chi connectivity index (χ1) is 12.2. The van der Waals surface area contributed by atoms with Crippen LogP contribution in [0.3, 0.4) is 0 Å². The molecule has 5 N–H and O–H groups in total. The Bertz CT molecular complexity index is 943. The minimum atomic E-state index is -0.855. The summed E-state index contributed by atoms with van der Waals surface area (Å²) in [4.78, 5) is 24.3. The van der Waals surface area contributed by atoms with Crippen LogP contribution in [0.4, 0.5) is 17.1 Å². The predicted molar refractivity (Wildman–Crippen MR) is 108 cm³/mol. The first-order valence-corrected chi connectivity index (χ1v) is 8.61. The summed E-state index contributed by atoms with van der Waals surface area (Å²) >= 11 is 11.4. The third-order valence-corrected chi connectivity index (χ3v) is 4.84. The van der Waals surface area contributed by atoms with Crippen LogP contribution >= 0.6 is 23.8 Å². The summed E-state index contributed by atoms with van der Waals surface area (Å²) in [6, 6.07) is 10.6. The lowest BCUT2D eigenvalue weighted by atomic mass is 9.77. The summed E-state index contributed by atoms with van der Waals surface area (Å²) in [6.45, 7) is 3.48. The normalized spacial score (nSPS) is 15.0. The number of hydrogen-bond acceptors (Lipinski definition) is 4.